The van der Waals surface area contributed by atoms with E-state index in [4.69, 9.17) is 0 Å². The standard InChI is InChI=1S/C4H11N.C2H7N.C2H6/c1-3-4-5-2;1-3-2;1-2/h5H,3-4H2,1-2H3;3H,1-2H3;1-2H3. The fraction of sp³-hybridized carbons (Fsp3) is 1.00. The van der Waals surface area contributed by atoms with Gasteiger partial charge in [-0.2, -0.15) is 0 Å². The highest BCUT2D eigenvalue weighted by molar-refractivity contribution is 4.28. The molecule has 0 unspecified atom stereocenters. The van der Waals surface area contributed by atoms with Crippen LogP contribution in [0.15, 0.2) is 0 Å². The normalized spacial score (nSPS) is 6.60. The Morgan fingerprint density at radius 1 is 1.00 bits per heavy atom. The highest BCUT2D eigenvalue weighted by atomic mass is 14.8. The molecule has 0 bridgehead atoms. The van der Waals surface area contributed by atoms with Crippen molar-refractivity contribution in [1.82, 2.24) is 10.6 Å². The Hall–Kier alpha value is -0.0800. The predicted octanol–water partition coefficient (Wildman–Crippen LogP) is 1.48. The number of rotatable bonds is 2. The van der Waals surface area contributed by atoms with Crippen molar-refractivity contribution in [3.63, 3.8) is 0 Å². The van der Waals surface area contributed by atoms with E-state index < -0.39 is 0 Å². The molecule has 0 radical (unpaired) electrons. The Labute approximate surface area is 66.4 Å². The summed E-state index contributed by atoms with van der Waals surface area (Å²) in [6, 6.07) is 0. The Balaban J connectivity index is -0.0000000847. The van der Waals surface area contributed by atoms with Gasteiger partial charge in [-0.05, 0) is 34.1 Å². The molecule has 0 spiro atoms. The molecule has 0 aromatic rings. The summed E-state index contributed by atoms with van der Waals surface area (Å²) in [5.41, 5.74) is 0. The lowest BCUT2D eigenvalue weighted by molar-refractivity contribution is 0.772. The van der Waals surface area contributed by atoms with Crippen molar-refractivity contribution in [3.8, 4) is 0 Å². The molecule has 66 valence electrons. The largest absolute Gasteiger partial charge is 0.323 e. The van der Waals surface area contributed by atoms with Crippen LogP contribution >= 0.6 is 0 Å². The van der Waals surface area contributed by atoms with Crippen molar-refractivity contribution in [2.75, 3.05) is 27.7 Å². The van der Waals surface area contributed by atoms with Gasteiger partial charge in [-0.3, -0.25) is 0 Å². The molecule has 2 N–H and O–H groups in total. The second-order valence-corrected chi connectivity index (χ2v) is 1.60. The van der Waals surface area contributed by atoms with Gasteiger partial charge in [-0.15, -0.1) is 0 Å². The van der Waals surface area contributed by atoms with E-state index in [1.807, 2.05) is 35.0 Å². The first-order valence-corrected chi connectivity index (χ1v) is 4.06. The average molecular weight is 148 g/mol. The molecule has 2 nitrogen and oxygen atoms in total. The molecule has 0 fully saturated rings. The molecular formula is C8H24N2. The molecule has 0 aliphatic heterocycles. The SMILES string of the molecule is CC.CCCNC.CNC. The van der Waals surface area contributed by atoms with Crippen LogP contribution in [0.3, 0.4) is 0 Å². The van der Waals surface area contributed by atoms with Gasteiger partial charge in [0.05, 0.1) is 0 Å². The highest BCUT2D eigenvalue weighted by Crippen LogP contribution is 1.62. The van der Waals surface area contributed by atoms with Crippen LogP contribution in [0.2, 0.25) is 0 Å². The maximum absolute atomic E-state index is 3.02. The van der Waals surface area contributed by atoms with E-state index in [2.05, 4.69) is 17.6 Å². The lowest BCUT2D eigenvalue weighted by Crippen LogP contribution is -2.04. The summed E-state index contributed by atoms with van der Waals surface area (Å²) in [7, 11) is 5.71. The van der Waals surface area contributed by atoms with Crippen LogP contribution in [-0.4, -0.2) is 27.7 Å². The molecular weight excluding hydrogens is 124 g/mol. The predicted molar refractivity (Wildman–Crippen MR) is 50.5 cm³/mol. The minimum atomic E-state index is 1.14. The summed E-state index contributed by atoms with van der Waals surface area (Å²) in [6.45, 7) is 7.29. The van der Waals surface area contributed by atoms with Crippen LogP contribution in [0.1, 0.15) is 27.2 Å². The van der Waals surface area contributed by atoms with Gasteiger partial charge in [0.1, 0.15) is 0 Å². The zero-order valence-electron chi connectivity index (χ0n) is 8.41. The molecule has 0 aliphatic carbocycles. The molecule has 0 aromatic heterocycles. The maximum Gasteiger partial charge on any atom is -0.00546 e. The van der Waals surface area contributed by atoms with Crippen molar-refractivity contribution >= 4 is 0 Å². The molecule has 0 saturated heterocycles. The second kappa shape index (κ2) is 36.4. The Morgan fingerprint density at radius 3 is 1.30 bits per heavy atom. The lowest BCUT2D eigenvalue weighted by atomic mass is 10.5. The summed E-state index contributed by atoms with van der Waals surface area (Å²) in [6.07, 6.45) is 1.23. The second-order valence-electron chi connectivity index (χ2n) is 1.60. The molecule has 0 rings (SSSR count). The van der Waals surface area contributed by atoms with E-state index in [0.717, 1.165) is 6.54 Å². The monoisotopic (exact) mass is 148 g/mol. The van der Waals surface area contributed by atoms with E-state index in [-0.39, 0.29) is 0 Å². The van der Waals surface area contributed by atoms with Gasteiger partial charge in [0.2, 0.25) is 0 Å². The van der Waals surface area contributed by atoms with Crippen molar-refractivity contribution in [2.24, 2.45) is 0 Å². The topological polar surface area (TPSA) is 24.1 Å². The summed E-state index contributed by atoms with van der Waals surface area (Å²) in [4.78, 5) is 0. The van der Waals surface area contributed by atoms with Crippen LogP contribution in [-0.2, 0) is 0 Å². The molecule has 0 aromatic carbocycles. The third-order valence-corrected chi connectivity index (χ3v) is 0.500. The minimum absolute atomic E-state index is 1.14. The zero-order chi connectivity index (χ0) is 8.83. The Bertz CT molecular complexity index is 21.2. The van der Waals surface area contributed by atoms with Crippen LogP contribution < -0.4 is 10.6 Å². The molecule has 0 atom stereocenters. The molecule has 0 aliphatic rings. The van der Waals surface area contributed by atoms with E-state index in [0.29, 0.717) is 0 Å². The fourth-order valence-electron chi connectivity index (χ4n) is 0.250. The molecule has 2 heteroatoms. The first-order valence-electron chi connectivity index (χ1n) is 4.06. The first kappa shape index (κ1) is 16.5. The smallest absolute Gasteiger partial charge is 0.00546 e. The summed E-state index contributed by atoms with van der Waals surface area (Å²) >= 11 is 0. The van der Waals surface area contributed by atoms with E-state index in [1.165, 1.54) is 6.42 Å². The highest BCUT2D eigenvalue weighted by Gasteiger charge is 1.64. The third kappa shape index (κ3) is 103. The summed E-state index contributed by atoms with van der Waals surface area (Å²) < 4.78 is 0. The average Bonchev–Trinajstić information content (AvgIpc) is 1.96. The van der Waals surface area contributed by atoms with E-state index >= 15 is 0 Å². The number of nitrogens with one attached hydrogen (secondary N) is 2. The van der Waals surface area contributed by atoms with Crippen LogP contribution in [0.4, 0.5) is 0 Å². The zero-order valence-corrected chi connectivity index (χ0v) is 8.41. The molecule has 0 saturated carbocycles. The lowest BCUT2D eigenvalue weighted by Gasteiger charge is -1.84. The van der Waals surface area contributed by atoms with Gasteiger partial charge in [-0.1, -0.05) is 20.8 Å². The van der Waals surface area contributed by atoms with Crippen molar-refractivity contribution in [2.45, 2.75) is 27.2 Å². The van der Waals surface area contributed by atoms with Gasteiger partial charge in [0, 0.05) is 0 Å². The van der Waals surface area contributed by atoms with Gasteiger partial charge < -0.3 is 10.6 Å². The van der Waals surface area contributed by atoms with Crippen LogP contribution in [0.5, 0.6) is 0 Å². The van der Waals surface area contributed by atoms with Crippen LogP contribution in [0, 0.1) is 0 Å². The molecule has 10 heavy (non-hydrogen) atoms. The summed E-state index contributed by atoms with van der Waals surface area (Å²) in [5, 5.41) is 5.77. The minimum Gasteiger partial charge on any atom is -0.323 e. The van der Waals surface area contributed by atoms with Gasteiger partial charge in [-0.25, -0.2) is 0 Å². The van der Waals surface area contributed by atoms with E-state index in [1.54, 1.807) is 0 Å². The Kier molecular flexibility index (Phi) is 60.0. The van der Waals surface area contributed by atoms with Gasteiger partial charge in [0.15, 0.2) is 0 Å². The number of hydrogen-bond acceptors (Lipinski definition) is 2. The number of hydrogen-bond donors (Lipinski definition) is 2. The maximum atomic E-state index is 3.02. The first-order chi connectivity index (χ1) is 4.83. The van der Waals surface area contributed by atoms with Gasteiger partial charge in [0.25, 0.3) is 0 Å². The third-order valence-electron chi connectivity index (χ3n) is 0.500. The van der Waals surface area contributed by atoms with Gasteiger partial charge >= 0.3 is 0 Å². The Morgan fingerprint density at radius 2 is 1.30 bits per heavy atom. The van der Waals surface area contributed by atoms with Crippen molar-refractivity contribution in [3.05, 3.63) is 0 Å². The van der Waals surface area contributed by atoms with Crippen molar-refractivity contribution in [1.29, 1.82) is 0 Å². The molecule has 0 amide bonds. The van der Waals surface area contributed by atoms with Crippen molar-refractivity contribution < 1.29 is 0 Å². The van der Waals surface area contributed by atoms with Crippen LogP contribution in [0.25, 0.3) is 0 Å². The quantitative estimate of drug-likeness (QED) is 0.620. The van der Waals surface area contributed by atoms with E-state index in [9.17, 15) is 0 Å². The fourth-order valence-corrected chi connectivity index (χ4v) is 0.250. The summed E-state index contributed by atoms with van der Waals surface area (Å²) in [5.74, 6) is 0. The molecule has 0 heterocycles.